The van der Waals surface area contributed by atoms with Crippen molar-refractivity contribution in [1.29, 1.82) is 5.26 Å². The molecule has 0 atom stereocenters. The molecule has 0 fully saturated rings. The van der Waals surface area contributed by atoms with Crippen molar-refractivity contribution in [3.63, 3.8) is 0 Å². The molecule has 1 N–H and O–H groups in total. The number of hydrogen-bond donors (Lipinski definition) is 1. The van der Waals surface area contributed by atoms with Gasteiger partial charge in [-0.1, -0.05) is 34.1 Å². The van der Waals surface area contributed by atoms with Gasteiger partial charge in [0.25, 0.3) is 0 Å². The summed E-state index contributed by atoms with van der Waals surface area (Å²) in [5.41, 5.74) is 2.58. The van der Waals surface area contributed by atoms with Crippen molar-refractivity contribution in [2.24, 2.45) is 0 Å². The summed E-state index contributed by atoms with van der Waals surface area (Å²) >= 11 is 3.40. The summed E-state index contributed by atoms with van der Waals surface area (Å²) in [6.07, 6.45) is 0. The first kappa shape index (κ1) is 13.6. The fourth-order valence-electron chi connectivity index (χ4n) is 1.78. The Morgan fingerprint density at radius 1 is 1.32 bits per heavy atom. The fourth-order valence-corrected chi connectivity index (χ4v) is 2.14. The van der Waals surface area contributed by atoms with E-state index in [1.165, 1.54) is 6.07 Å². The number of nitrogens with zero attached hydrogens (tertiary/aromatic N) is 1. The molecule has 0 aliphatic carbocycles. The highest BCUT2D eigenvalue weighted by Gasteiger charge is 2.07. The zero-order valence-corrected chi connectivity index (χ0v) is 12.0. The second-order valence-corrected chi connectivity index (χ2v) is 5.12. The van der Waals surface area contributed by atoms with Crippen molar-refractivity contribution in [3.05, 3.63) is 63.4 Å². The molecule has 0 saturated carbocycles. The molecule has 0 amide bonds. The normalized spacial score (nSPS) is 10.0. The molecule has 0 radical (unpaired) electrons. The van der Waals surface area contributed by atoms with Crippen LogP contribution in [0.2, 0.25) is 0 Å². The first-order chi connectivity index (χ1) is 9.11. The molecular weight excluding hydrogens is 307 g/mol. The monoisotopic (exact) mass is 318 g/mol. The number of nitrogens with one attached hydrogen (secondary N) is 1. The van der Waals surface area contributed by atoms with E-state index in [9.17, 15) is 4.39 Å². The molecule has 2 aromatic rings. The highest BCUT2D eigenvalue weighted by atomic mass is 79.9. The largest absolute Gasteiger partial charge is 0.381 e. The van der Waals surface area contributed by atoms with Crippen LogP contribution in [0.4, 0.5) is 10.1 Å². The molecule has 0 heterocycles. The molecule has 0 aromatic heterocycles. The maximum Gasteiger partial charge on any atom is 0.145 e. The highest BCUT2D eigenvalue weighted by Crippen LogP contribution is 2.22. The second-order valence-electron chi connectivity index (χ2n) is 4.20. The Kier molecular flexibility index (Phi) is 4.18. The summed E-state index contributed by atoms with van der Waals surface area (Å²) in [7, 11) is 0. The van der Waals surface area contributed by atoms with Crippen molar-refractivity contribution in [1.82, 2.24) is 0 Å². The van der Waals surface area contributed by atoms with Crippen LogP contribution in [0.25, 0.3) is 0 Å². The van der Waals surface area contributed by atoms with Gasteiger partial charge >= 0.3 is 0 Å². The van der Waals surface area contributed by atoms with Crippen LogP contribution in [0.5, 0.6) is 0 Å². The van der Waals surface area contributed by atoms with Crippen LogP contribution in [-0.4, -0.2) is 0 Å². The van der Waals surface area contributed by atoms with E-state index in [-0.39, 0.29) is 5.56 Å². The average Bonchev–Trinajstić information content (AvgIpc) is 2.41. The predicted molar refractivity (Wildman–Crippen MR) is 77.3 cm³/mol. The summed E-state index contributed by atoms with van der Waals surface area (Å²) in [4.78, 5) is 0. The van der Waals surface area contributed by atoms with Crippen molar-refractivity contribution < 1.29 is 4.39 Å². The molecule has 4 heteroatoms. The smallest absolute Gasteiger partial charge is 0.145 e. The molecule has 2 aromatic carbocycles. The third-order valence-corrected chi connectivity index (χ3v) is 3.36. The van der Waals surface area contributed by atoms with Gasteiger partial charge in [-0.2, -0.15) is 5.26 Å². The lowest BCUT2D eigenvalue weighted by atomic mass is 10.1. The van der Waals surface area contributed by atoms with E-state index in [4.69, 9.17) is 5.26 Å². The molecular formula is C15H12BrFN2. The van der Waals surface area contributed by atoms with E-state index in [0.29, 0.717) is 12.1 Å². The maximum absolute atomic E-state index is 13.9. The van der Waals surface area contributed by atoms with Crippen LogP contribution in [0.1, 0.15) is 16.7 Å². The summed E-state index contributed by atoms with van der Waals surface area (Å²) in [5.74, 6) is -0.454. The van der Waals surface area contributed by atoms with Gasteiger partial charge in [-0.3, -0.25) is 0 Å². The van der Waals surface area contributed by atoms with Crippen LogP contribution in [0, 0.1) is 24.1 Å². The Balaban J connectivity index is 2.20. The van der Waals surface area contributed by atoms with Gasteiger partial charge in [0.05, 0.1) is 5.56 Å². The van der Waals surface area contributed by atoms with Crippen molar-refractivity contribution in [2.75, 3.05) is 5.32 Å². The van der Waals surface area contributed by atoms with Crippen molar-refractivity contribution >= 4 is 21.6 Å². The number of halogens is 2. The molecule has 0 aliphatic heterocycles. The predicted octanol–water partition coefficient (Wildman–Crippen LogP) is 4.38. The molecule has 96 valence electrons. The van der Waals surface area contributed by atoms with E-state index in [0.717, 1.165) is 15.7 Å². The molecule has 19 heavy (non-hydrogen) atoms. The quantitative estimate of drug-likeness (QED) is 0.911. The van der Waals surface area contributed by atoms with Crippen molar-refractivity contribution in [2.45, 2.75) is 13.5 Å². The van der Waals surface area contributed by atoms with Crippen LogP contribution in [0.15, 0.2) is 40.9 Å². The number of rotatable bonds is 3. The lowest BCUT2D eigenvalue weighted by molar-refractivity contribution is 0.609. The Hall–Kier alpha value is -1.86. The van der Waals surface area contributed by atoms with Gasteiger partial charge < -0.3 is 5.32 Å². The Bertz CT molecular complexity index is 647. The Morgan fingerprint density at radius 3 is 2.84 bits per heavy atom. The standard InChI is InChI=1S/C15H12BrFN2/c1-10-5-6-13(16)7-14(10)19-9-12-4-2-3-11(8-18)15(12)17/h2-7,19H,9H2,1H3. The van der Waals surface area contributed by atoms with Crippen LogP contribution < -0.4 is 5.32 Å². The lowest BCUT2D eigenvalue weighted by Gasteiger charge is -2.11. The first-order valence-electron chi connectivity index (χ1n) is 5.79. The minimum Gasteiger partial charge on any atom is -0.381 e. The average molecular weight is 319 g/mol. The number of benzene rings is 2. The Morgan fingerprint density at radius 2 is 2.11 bits per heavy atom. The van der Waals surface area contributed by atoms with Gasteiger partial charge in [-0.05, 0) is 30.7 Å². The SMILES string of the molecule is Cc1ccc(Br)cc1NCc1cccc(C#N)c1F. The number of aryl methyl sites for hydroxylation is 1. The summed E-state index contributed by atoms with van der Waals surface area (Å²) < 4.78 is 14.8. The van der Waals surface area contributed by atoms with Crippen LogP contribution >= 0.6 is 15.9 Å². The second kappa shape index (κ2) is 5.85. The van der Waals surface area contributed by atoms with Gasteiger partial charge in [0.15, 0.2) is 0 Å². The van der Waals surface area contributed by atoms with E-state index < -0.39 is 5.82 Å². The van der Waals surface area contributed by atoms with E-state index in [1.807, 2.05) is 31.2 Å². The molecule has 0 saturated heterocycles. The highest BCUT2D eigenvalue weighted by molar-refractivity contribution is 9.10. The van der Waals surface area contributed by atoms with Crippen molar-refractivity contribution in [3.8, 4) is 6.07 Å². The van der Waals surface area contributed by atoms with Gasteiger partial charge in [0.2, 0.25) is 0 Å². The topological polar surface area (TPSA) is 35.8 Å². The summed E-state index contributed by atoms with van der Waals surface area (Å²) in [6.45, 7) is 2.33. The van der Waals surface area contributed by atoms with Gasteiger partial charge in [-0.25, -0.2) is 4.39 Å². The zero-order valence-electron chi connectivity index (χ0n) is 10.4. The first-order valence-corrected chi connectivity index (χ1v) is 6.58. The number of nitriles is 1. The maximum atomic E-state index is 13.9. The molecule has 0 bridgehead atoms. The Labute approximate surface area is 120 Å². The fraction of sp³-hybridized carbons (Fsp3) is 0.133. The molecule has 0 spiro atoms. The van der Waals surface area contributed by atoms with Crippen LogP contribution in [-0.2, 0) is 6.54 Å². The molecule has 0 unspecified atom stereocenters. The lowest BCUT2D eigenvalue weighted by Crippen LogP contribution is -2.04. The summed E-state index contributed by atoms with van der Waals surface area (Å²) in [6, 6.07) is 12.6. The zero-order chi connectivity index (χ0) is 13.8. The number of hydrogen-bond acceptors (Lipinski definition) is 2. The van der Waals surface area contributed by atoms with E-state index in [2.05, 4.69) is 21.2 Å². The van der Waals surface area contributed by atoms with Gasteiger partial charge in [0, 0.05) is 22.3 Å². The van der Waals surface area contributed by atoms with Crippen LogP contribution in [0.3, 0.4) is 0 Å². The minimum atomic E-state index is -0.454. The molecule has 0 aliphatic rings. The van der Waals surface area contributed by atoms with Gasteiger partial charge in [0.1, 0.15) is 11.9 Å². The minimum absolute atomic E-state index is 0.0743. The third-order valence-electron chi connectivity index (χ3n) is 2.87. The molecule has 2 rings (SSSR count). The van der Waals surface area contributed by atoms with E-state index in [1.54, 1.807) is 12.1 Å². The van der Waals surface area contributed by atoms with E-state index >= 15 is 0 Å². The molecule has 2 nitrogen and oxygen atoms in total. The van der Waals surface area contributed by atoms with Gasteiger partial charge in [-0.15, -0.1) is 0 Å². The number of anilines is 1. The third kappa shape index (κ3) is 3.12. The summed E-state index contributed by atoms with van der Waals surface area (Å²) in [5, 5.41) is 12.0.